The van der Waals surface area contributed by atoms with E-state index < -0.39 is 11.9 Å². The van der Waals surface area contributed by atoms with Crippen LogP contribution in [0.4, 0.5) is 0 Å². The first-order chi connectivity index (χ1) is 12.6. The van der Waals surface area contributed by atoms with E-state index in [0.717, 1.165) is 0 Å². The molecule has 0 fully saturated rings. The van der Waals surface area contributed by atoms with Gasteiger partial charge in [-0.05, 0) is 37.1 Å². The largest absolute Gasteiger partial charge is 0.506 e. The van der Waals surface area contributed by atoms with Gasteiger partial charge in [-0.1, -0.05) is 22.5 Å². The number of aliphatic hydroxyl groups is 1. The Morgan fingerprint density at radius 1 is 1.19 bits per heavy atom. The van der Waals surface area contributed by atoms with Crippen LogP contribution in [-0.4, -0.2) is 56.8 Å². The van der Waals surface area contributed by atoms with Crippen molar-refractivity contribution in [2.75, 3.05) is 0 Å². The number of carbonyl (C=O) groups is 1. The molecule has 0 spiro atoms. The Labute approximate surface area is 166 Å². The molecule has 1 aromatic carbocycles. The van der Waals surface area contributed by atoms with Crippen LogP contribution in [0.5, 0.6) is 5.75 Å². The first-order valence-electron chi connectivity index (χ1n) is 7.92. The number of hydrogen-bond acceptors (Lipinski definition) is 4. The number of benzene rings is 1. The summed E-state index contributed by atoms with van der Waals surface area (Å²) in [7, 11) is 23.8. The normalized spacial score (nSPS) is 12.4. The second-order valence-corrected chi connectivity index (χ2v) is 6.67. The Morgan fingerprint density at radius 2 is 1.81 bits per heavy atom. The molecular weight excluding hydrogens is 359 g/mol. The molecule has 27 heavy (non-hydrogen) atoms. The predicted octanol–water partition coefficient (Wildman–Crippen LogP) is -1.54. The first kappa shape index (κ1) is 19.6. The van der Waals surface area contributed by atoms with Crippen LogP contribution >= 0.6 is 11.6 Å². The fourth-order valence-electron chi connectivity index (χ4n) is 2.89. The van der Waals surface area contributed by atoms with Crippen molar-refractivity contribution in [3.05, 3.63) is 39.7 Å². The summed E-state index contributed by atoms with van der Waals surface area (Å²) in [5.74, 6) is -0.651. The van der Waals surface area contributed by atoms with Gasteiger partial charge in [0.15, 0.2) is 0 Å². The Balaban J connectivity index is 2.40. The van der Waals surface area contributed by atoms with E-state index in [0.29, 0.717) is 5.56 Å². The molecule has 1 atom stereocenters. The SMILES string of the molecule is [B]c1c([B])c([B])n2c(C(=O)c3cc(C)c(O)c(Cl)c3)c(C(C)O)nc2c1[B]. The number of aromatic hydroxyl groups is 1. The Morgan fingerprint density at radius 3 is 2.37 bits per heavy atom. The minimum atomic E-state index is -1.10. The predicted molar refractivity (Wildman–Crippen MR) is 109 cm³/mol. The molecule has 5 nitrogen and oxygen atoms in total. The highest BCUT2D eigenvalue weighted by Crippen LogP contribution is 2.30. The molecule has 0 bridgehead atoms. The number of ketones is 1. The fraction of sp³-hybridized carbons (Fsp3) is 0.176. The van der Waals surface area contributed by atoms with Crippen LogP contribution in [0, 0.1) is 6.92 Å². The molecule has 3 aromatic rings. The average molecular weight is 370 g/mol. The third kappa shape index (κ3) is 2.99. The second-order valence-electron chi connectivity index (χ2n) is 6.26. The van der Waals surface area contributed by atoms with Gasteiger partial charge in [0.05, 0.1) is 16.8 Å². The second kappa shape index (κ2) is 6.80. The molecule has 8 radical (unpaired) electrons. The summed E-state index contributed by atoms with van der Waals surface area (Å²) in [4.78, 5) is 17.5. The van der Waals surface area contributed by atoms with E-state index in [9.17, 15) is 15.0 Å². The first-order valence-corrected chi connectivity index (χ1v) is 8.30. The van der Waals surface area contributed by atoms with Crippen LogP contribution in [-0.2, 0) is 0 Å². The van der Waals surface area contributed by atoms with E-state index in [1.807, 2.05) is 0 Å². The number of hydrogen-bond donors (Lipinski definition) is 2. The number of phenolic OH excluding ortho intramolecular Hbond substituents is 1. The molecule has 0 saturated heterocycles. The Bertz CT molecular complexity index is 1090. The van der Waals surface area contributed by atoms with Gasteiger partial charge in [-0.2, -0.15) is 0 Å². The highest BCUT2D eigenvalue weighted by molar-refractivity contribution is 6.63. The maximum absolute atomic E-state index is 13.2. The smallest absolute Gasteiger partial charge is 0.211 e. The van der Waals surface area contributed by atoms with Crippen LogP contribution in [0.2, 0.25) is 5.02 Å². The molecule has 2 heterocycles. The molecule has 0 saturated carbocycles. The molecule has 0 aliphatic carbocycles. The minimum absolute atomic E-state index is 0.00325. The maximum Gasteiger partial charge on any atom is 0.211 e. The van der Waals surface area contributed by atoms with E-state index in [4.69, 9.17) is 43.0 Å². The zero-order chi connectivity index (χ0) is 20.2. The molecule has 2 N–H and O–H groups in total. The molecule has 2 aromatic heterocycles. The Kier molecular flexibility index (Phi) is 4.95. The number of nitrogens with zero attached hydrogens (tertiary/aromatic N) is 2. The number of phenols is 1. The number of fused-ring (bicyclic) bond motifs is 1. The topological polar surface area (TPSA) is 74.8 Å². The van der Waals surface area contributed by atoms with Gasteiger partial charge in [0.1, 0.15) is 48.5 Å². The monoisotopic (exact) mass is 370 g/mol. The molecule has 1 unspecified atom stereocenters. The number of aliphatic hydroxyl groups excluding tert-OH is 1. The summed E-state index contributed by atoms with van der Waals surface area (Å²) in [5, 5.41) is 20.0. The third-order valence-corrected chi connectivity index (χ3v) is 4.66. The van der Waals surface area contributed by atoms with E-state index in [2.05, 4.69) is 4.98 Å². The summed E-state index contributed by atoms with van der Waals surface area (Å²) in [6.07, 6.45) is -1.10. The summed E-state index contributed by atoms with van der Waals surface area (Å²) >= 11 is 5.99. The van der Waals surface area contributed by atoms with Gasteiger partial charge >= 0.3 is 0 Å². The van der Waals surface area contributed by atoms with Crippen LogP contribution in [0.25, 0.3) is 5.65 Å². The number of halogens is 1. The van der Waals surface area contributed by atoms with Crippen LogP contribution in [0.3, 0.4) is 0 Å². The van der Waals surface area contributed by atoms with Crippen molar-refractivity contribution in [3.8, 4) is 5.75 Å². The van der Waals surface area contributed by atoms with Gasteiger partial charge in [-0.3, -0.25) is 4.79 Å². The van der Waals surface area contributed by atoms with Crippen LogP contribution in [0.15, 0.2) is 12.1 Å². The molecule has 10 heteroatoms. The maximum atomic E-state index is 13.2. The molecule has 0 aliphatic heterocycles. The average Bonchev–Trinajstić information content (AvgIpc) is 3.02. The van der Waals surface area contributed by atoms with Gasteiger partial charge in [-0.15, -0.1) is 5.46 Å². The minimum Gasteiger partial charge on any atom is -0.506 e. The molecular formula is C17H11B4ClN2O3. The van der Waals surface area contributed by atoms with Gasteiger partial charge < -0.3 is 14.6 Å². The number of pyridine rings is 1. The van der Waals surface area contributed by atoms with Crippen molar-refractivity contribution in [2.24, 2.45) is 0 Å². The van der Waals surface area contributed by atoms with Gasteiger partial charge in [0.2, 0.25) is 5.78 Å². The summed E-state index contributed by atoms with van der Waals surface area (Å²) in [6, 6.07) is 2.78. The zero-order valence-corrected chi connectivity index (χ0v) is 15.4. The zero-order valence-electron chi connectivity index (χ0n) is 14.6. The standard InChI is InChI=1S/C17H11B4ClN2O3/c1-5-3-7(4-8(22)14(5)26)15(27)13-12(6(2)25)23-17-11(20)9(18)10(19)16(21)24(13)17/h3-4,6,25-26H,1-2H3. The highest BCUT2D eigenvalue weighted by Gasteiger charge is 2.26. The number of aromatic nitrogens is 2. The van der Waals surface area contributed by atoms with Crippen molar-refractivity contribution >= 4 is 76.4 Å². The number of rotatable bonds is 3. The van der Waals surface area contributed by atoms with Crippen LogP contribution in [0.1, 0.15) is 40.3 Å². The lowest BCUT2D eigenvalue weighted by atomic mass is 9.69. The van der Waals surface area contributed by atoms with E-state index in [1.54, 1.807) is 6.92 Å². The molecule has 0 aliphatic rings. The van der Waals surface area contributed by atoms with Crippen molar-refractivity contribution < 1.29 is 15.0 Å². The lowest BCUT2D eigenvalue weighted by Crippen LogP contribution is -2.51. The molecule has 126 valence electrons. The number of carbonyl (C=O) groups excluding carboxylic acids is 1. The van der Waals surface area contributed by atoms with Gasteiger partial charge in [-0.25, -0.2) is 4.98 Å². The van der Waals surface area contributed by atoms with Crippen molar-refractivity contribution in [2.45, 2.75) is 20.0 Å². The van der Waals surface area contributed by atoms with Gasteiger partial charge in [0, 0.05) is 5.56 Å². The molecule has 3 rings (SSSR count). The van der Waals surface area contributed by atoms with Gasteiger partial charge in [0.25, 0.3) is 0 Å². The third-order valence-electron chi connectivity index (χ3n) is 4.37. The molecule has 0 amide bonds. The summed E-state index contributed by atoms with van der Waals surface area (Å²) in [6.45, 7) is 3.06. The van der Waals surface area contributed by atoms with Crippen LogP contribution < -0.4 is 22.0 Å². The van der Waals surface area contributed by atoms with Crippen molar-refractivity contribution in [1.82, 2.24) is 9.38 Å². The van der Waals surface area contributed by atoms with Crippen molar-refractivity contribution in [3.63, 3.8) is 0 Å². The summed E-state index contributed by atoms with van der Waals surface area (Å²) in [5.41, 5.74) is 0.807. The summed E-state index contributed by atoms with van der Waals surface area (Å²) < 4.78 is 1.27. The quantitative estimate of drug-likeness (QED) is 0.433. The van der Waals surface area contributed by atoms with E-state index >= 15 is 0 Å². The Hall–Kier alpha value is -2.11. The van der Waals surface area contributed by atoms with E-state index in [1.165, 1.54) is 23.5 Å². The van der Waals surface area contributed by atoms with Crippen molar-refractivity contribution in [1.29, 1.82) is 0 Å². The highest BCUT2D eigenvalue weighted by atomic mass is 35.5. The van der Waals surface area contributed by atoms with E-state index in [-0.39, 0.29) is 55.4 Å². The number of aryl methyl sites for hydroxylation is 1. The fourth-order valence-corrected chi connectivity index (χ4v) is 3.16. The number of imidazole rings is 1. The lowest BCUT2D eigenvalue weighted by Gasteiger charge is -2.16. The lowest BCUT2D eigenvalue weighted by molar-refractivity contribution is 0.102.